The van der Waals surface area contributed by atoms with E-state index in [0.29, 0.717) is 0 Å². The third kappa shape index (κ3) is 2.45. The molecule has 0 saturated carbocycles. The van der Waals surface area contributed by atoms with Crippen molar-refractivity contribution in [3.8, 4) is 0 Å². The van der Waals surface area contributed by atoms with Gasteiger partial charge in [-0.15, -0.1) is 6.58 Å². The van der Waals surface area contributed by atoms with E-state index in [9.17, 15) is 4.79 Å². The number of allylic oxidation sites excluding steroid dienone is 3. The molecule has 0 aliphatic heterocycles. The Labute approximate surface area is 91.3 Å². The van der Waals surface area contributed by atoms with E-state index >= 15 is 0 Å². The number of carbonyl (C=O) groups excluding carboxylic acids is 1. The van der Waals surface area contributed by atoms with Gasteiger partial charge in [-0.2, -0.15) is 0 Å². The molecule has 0 aromatic heterocycles. The predicted octanol–water partition coefficient (Wildman–Crippen LogP) is 2.81. The molecule has 0 N–H and O–H groups in total. The van der Waals surface area contributed by atoms with Crippen molar-refractivity contribution in [1.82, 2.24) is 0 Å². The summed E-state index contributed by atoms with van der Waals surface area (Å²) in [5.41, 5.74) is 3.09. The molecule has 1 aliphatic rings. The second-order valence-electron chi connectivity index (χ2n) is 3.97. The van der Waals surface area contributed by atoms with Gasteiger partial charge in [-0.05, 0) is 32.3 Å². The second-order valence-corrected chi connectivity index (χ2v) is 3.97. The molecule has 0 bridgehead atoms. The maximum atomic E-state index is 11.6. The van der Waals surface area contributed by atoms with Gasteiger partial charge < -0.3 is 4.74 Å². The molecule has 0 aromatic carbocycles. The van der Waals surface area contributed by atoms with Crippen LogP contribution in [0.4, 0.5) is 0 Å². The standard InChI is InChI=1S/C13H18O2/c1-5-6-7-10-11(8-9(2)3)12(14)13(10)15-4/h5,8,13H,1,6-7H2,2-4H3. The third-order valence-electron chi connectivity index (χ3n) is 2.45. The quantitative estimate of drug-likeness (QED) is 0.646. The van der Waals surface area contributed by atoms with Crippen molar-refractivity contribution >= 4 is 5.78 Å². The largest absolute Gasteiger partial charge is 0.369 e. The molecule has 1 atom stereocenters. The molecule has 0 aromatic rings. The molecule has 1 unspecified atom stereocenters. The van der Waals surface area contributed by atoms with Gasteiger partial charge in [0.05, 0.1) is 0 Å². The van der Waals surface area contributed by atoms with Gasteiger partial charge in [0.1, 0.15) is 6.10 Å². The summed E-state index contributed by atoms with van der Waals surface area (Å²) in [6, 6.07) is 0. The van der Waals surface area contributed by atoms with Gasteiger partial charge in [0.25, 0.3) is 0 Å². The summed E-state index contributed by atoms with van der Waals surface area (Å²) in [5, 5.41) is 0. The smallest absolute Gasteiger partial charge is 0.195 e. The highest BCUT2D eigenvalue weighted by molar-refractivity contribution is 6.11. The molecule has 0 amide bonds. The minimum Gasteiger partial charge on any atom is -0.369 e. The van der Waals surface area contributed by atoms with E-state index in [1.807, 2.05) is 26.0 Å². The van der Waals surface area contributed by atoms with Crippen LogP contribution < -0.4 is 0 Å². The lowest BCUT2D eigenvalue weighted by Crippen LogP contribution is -2.37. The van der Waals surface area contributed by atoms with Crippen molar-refractivity contribution in [1.29, 1.82) is 0 Å². The van der Waals surface area contributed by atoms with Crippen LogP contribution in [-0.4, -0.2) is 19.0 Å². The minimum absolute atomic E-state index is 0.109. The zero-order valence-corrected chi connectivity index (χ0v) is 9.67. The number of hydrogen-bond acceptors (Lipinski definition) is 2. The Balaban J connectivity index is 2.89. The van der Waals surface area contributed by atoms with Crippen LogP contribution in [0.15, 0.2) is 35.5 Å². The van der Waals surface area contributed by atoms with Gasteiger partial charge in [0, 0.05) is 12.7 Å². The molecule has 0 saturated heterocycles. The fraction of sp³-hybridized carbons (Fsp3) is 0.462. The number of Topliss-reactive ketones (excluding diaryl/α,β-unsaturated/α-hetero) is 1. The maximum Gasteiger partial charge on any atom is 0.195 e. The van der Waals surface area contributed by atoms with Gasteiger partial charge in [-0.1, -0.05) is 17.7 Å². The monoisotopic (exact) mass is 206 g/mol. The zero-order chi connectivity index (χ0) is 11.4. The zero-order valence-electron chi connectivity index (χ0n) is 9.67. The van der Waals surface area contributed by atoms with E-state index in [2.05, 4.69) is 6.58 Å². The van der Waals surface area contributed by atoms with Crippen LogP contribution in [-0.2, 0) is 9.53 Å². The molecule has 0 heterocycles. The van der Waals surface area contributed by atoms with E-state index in [0.717, 1.165) is 29.6 Å². The highest BCUT2D eigenvalue weighted by Gasteiger charge is 2.36. The first-order valence-corrected chi connectivity index (χ1v) is 5.17. The van der Waals surface area contributed by atoms with Gasteiger partial charge in [-0.25, -0.2) is 0 Å². The van der Waals surface area contributed by atoms with E-state index in [1.165, 1.54) is 0 Å². The van der Waals surface area contributed by atoms with Gasteiger partial charge in [0.15, 0.2) is 5.78 Å². The van der Waals surface area contributed by atoms with E-state index < -0.39 is 0 Å². The van der Waals surface area contributed by atoms with Crippen LogP contribution in [0.2, 0.25) is 0 Å². The average Bonchev–Trinajstić information content (AvgIpc) is 2.20. The summed E-state index contributed by atoms with van der Waals surface area (Å²) in [6.45, 7) is 7.67. The van der Waals surface area contributed by atoms with Crippen molar-refractivity contribution in [3.05, 3.63) is 35.5 Å². The van der Waals surface area contributed by atoms with Crippen LogP contribution in [0.1, 0.15) is 26.7 Å². The Hall–Kier alpha value is -1.15. The first-order chi connectivity index (χ1) is 7.11. The lowest BCUT2D eigenvalue weighted by atomic mass is 9.80. The molecule has 82 valence electrons. The number of carbonyl (C=O) groups is 1. The number of hydrogen-bond donors (Lipinski definition) is 0. The number of ether oxygens (including phenoxy) is 1. The molecular weight excluding hydrogens is 188 g/mol. The first-order valence-electron chi connectivity index (χ1n) is 5.17. The summed E-state index contributed by atoms with van der Waals surface area (Å²) in [4.78, 5) is 11.6. The fourth-order valence-corrected chi connectivity index (χ4v) is 1.75. The number of methoxy groups -OCH3 is 1. The van der Waals surface area contributed by atoms with Crippen molar-refractivity contribution in [2.45, 2.75) is 32.8 Å². The Kier molecular flexibility index (Phi) is 4.04. The van der Waals surface area contributed by atoms with Crippen LogP contribution in [0, 0.1) is 0 Å². The number of ketones is 1. The molecular formula is C13H18O2. The maximum absolute atomic E-state index is 11.6. The van der Waals surface area contributed by atoms with Gasteiger partial charge in [-0.3, -0.25) is 4.79 Å². The normalized spacial score (nSPS) is 19.9. The summed E-state index contributed by atoms with van der Waals surface area (Å²) in [6.07, 6.45) is 5.25. The highest BCUT2D eigenvalue weighted by Crippen LogP contribution is 2.32. The molecule has 0 spiro atoms. The predicted molar refractivity (Wildman–Crippen MR) is 61.7 cm³/mol. The van der Waals surface area contributed by atoms with Crippen molar-refractivity contribution < 1.29 is 9.53 Å². The Bertz CT molecular complexity index is 330. The topological polar surface area (TPSA) is 26.3 Å². The van der Waals surface area contributed by atoms with E-state index in [-0.39, 0.29) is 11.9 Å². The van der Waals surface area contributed by atoms with Crippen LogP contribution in [0.25, 0.3) is 0 Å². The van der Waals surface area contributed by atoms with Crippen molar-refractivity contribution in [2.24, 2.45) is 0 Å². The average molecular weight is 206 g/mol. The lowest BCUT2D eigenvalue weighted by molar-refractivity contribution is -0.125. The Morgan fingerprint density at radius 2 is 2.20 bits per heavy atom. The van der Waals surface area contributed by atoms with E-state index in [4.69, 9.17) is 4.74 Å². The molecule has 0 fully saturated rings. The van der Waals surface area contributed by atoms with Crippen molar-refractivity contribution in [3.63, 3.8) is 0 Å². The molecule has 1 aliphatic carbocycles. The van der Waals surface area contributed by atoms with Gasteiger partial charge in [0.2, 0.25) is 0 Å². The van der Waals surface area contributed by atoms with Gasteiger partial charge >= 0.3 is 0 Å². The SMILES string of the molecule is C=CCCC1=C(C=C(C)C)C(=O)C1OC. The second kappa shape index (κ2) is 5.08. The summed E-state index contributed by atoms with van der Waals surface area (Å²) in [7, 11) is 1.58. The summed E-state index contributed by atoms with van der Waals surface area (Å²) < 4.78 is 5.15. The third-order valence-corrected chi connectivity index (χ3v) is 2.45. The fourth-order valence-electron chi connectivity index (χ4n) is 1.75. The number of rotatable bonds is 5. The summed E-state index contributed by atoms with van der Waals surface area (Å²) >= 11 is 0. The highest BCUT2D eigenvalue weighted by atomic mass is 16.5. The lowest BCUT2D eigenvalue weighted by Gasteiger charge is -2.29. The van der Waals surface area contributed by atoms with Crippen LogP contribution >= 0.6 is 0 Å². The van der Waals surface area contributed by atoms with Crippen molar-refractivity contribution in [2.75, 3.05) is 7.11 Å². The molecule has 15 heavy (non-hydrogen) atoms. The summed E-state index contributed by atoms with van der Waals surface area (Å²) in [5.74, 6) is 0.109. The minimum atomic E-state index is -0.310. The molecule has 0 radical (unpaired) electrons. The van der Waals surface area contributed by atoms with Crippen LogP contribution in [0.5, 0.6) is 0 Å². The van der Waals surface area contributed by atoms with E-state index in [1.54, 1.807) is 7.11 Å². The molecule has 2 heteroatoms. The Morgan fingerprint density at radius 1 is 1.53 bits per heavy atom. The van der Waals surface area contributed by atoms with Crippen LogP contribution in [0.3, 0.4) is 0 Å². The first kappa shape index (κ1) is 11.9. The molecule has 1 rings (SSSR count). The Morgan fingerprint density at radius 3 is 2.67 bits per heavy atom. The molecule has 2 nitrogen and oxygen atoms in total.